The lowest BCUT2D eigenvalue weighted by molar-refractivity contribution is -0.118. The predicted molar refractivity (Wildman–Crippen MR) is 85.8 cm³/mol. The summed E-state index contributed by atoms with van der Waals surface area (Å²) in [5.74, 6) is -1.47. The zero-order valence-corrected chi connectivity index (χ0v) is 13.2. The van der Waals surface area contributed by atoms with Gasteiger partial charge in [0, 0.05) is 22.9 Å². The SMILES string of the molecule is O=C(CSCc1cccc(F)c1F)NCc1cccc(Cl)c1. The lowest BCUT2D eigenvalue weighted by Gasteiger charge is -2.06. The van der Waals surface area contributed by atoms with E-state index in [1.165, 1.54) is 23.9 Å². The van der Waals surface area contributed by atoms with Gasteiger partial charge in [0.1, 0.15) is 0 Å². The molecule has 116 valence electrons. The minimum Gasteiger partial charge on any atom is -0.351 e. The molecule has 0 bridgehead atoms. The van der Waals surface area contributed by atoms with E-state index >= 15 is 0 Å². The quantitative estimate of drug-likeness (QED) is 0.854. The Hall–Kier alpha value is -1.59. The van der Waals surface area contributed by atoms with Gasteiger partial charge in [0.25, 0.3) is 0 Å². The number of carbonyl (C=O) groups is 1. The first-order valence-corrected chi connectivity index (χ1v) is 8.11. The van der Waals surface area contributed by atoms with Crippen molar-refractivity contribution in [3.05, 3.63) is 70.2 Å². The molecule has 0 saturated heterocycles. The van der Waals surface area contributed by atoms with E-state index in [0.29, 0.717) is 11.6 Å². The Morgan fingerprint density at radius 2 is 1.95 bits per heavy atom. The van der Waals surface area contributed by atoms with Gasteiger partial charge in [-0.3, -0.25) is 4.79 Å². The smallest absolute Gasteiger partial charge is 0.230 e. The highest BCUT2D eigenvalue weighted by molar-refractivity contribution is 7.99. The van der Waals surface area contributed by atoms with E-state index in [1.54, 1.807) is 12.1 Å². The fourth-order valence-electron chi connectivity index (χ4n) is 1.81. The van der Waals surface area contributed by atoms with Crippen molar-refractivity contribution in [3.63, 3.8) is 0 Å². The van der Waals surface area contributed by atoms with Gasteiger partial charge in [-0.05, 0) is 23.8 Å². The summed E-state index contributed by atoms with van der Waals surface area (Å²) in [6, 6.07) is 11.2. The number of hydrogen-bond donors (Lipinski definition) is 1. The molecule has 0 aliphatic carbocycles. The first kappa shape index (κ1) is 16.8. The summed E-state index contributed by atoms with van der Waals surface area (Å²) in [6.45, 7) is 0.383. The number of halogens is 3. The van der Waals surface area contributed by atoms with Gasteiger partial charge in [0.15, 0.2) is 11.6 Å². The fourth-order valence-corrected chi connectivity index (χ4v) is 2.86. The molecule has 2 aromatic carbocycles. The zero-order chi connectivity index (χ0) is 15.9. The van der Waals surface area contributed by atoms with Gasteiger partial charge in [0.05, 0.1) is 5.75 Å². The van der Waals surface area contributed by atoms with Gasteiger partial charge in [-0.15, -0.1) is 11.8 Å². The molecule has 0 aliphatic heterocycles. The largest absolute Gasteiger partial charge is 0.351 e. The van der Waals surface area contributed by atoms with Crippen LogP contribution in [0.1, 0.15) is 11.1 Å². The minimum absolute atomic E-state index is 0.165. The summed E-state index contributed by atoms with van der Waals surface area (Å²) in [7, 11) is 0. The molecule has 1 N–H and O–H groups in total. The van der Waals surface area contributed by atoms with E-state index in [2.05, 4.69) is 5.32 Å². The Morgan fingerprint density at radius 3 is 2.73 bits per heavy atom. The second-order valence-corrected chi connectivity index (χ2v) is 6.03. The van der Waals surface area contributed by atoms with Gasteiger partial charge in [-0.25, -0.2) is 8.78 Å². The van der Waals surface area contributed by atoms with Crippen LogP contribution < -0.4 is 5.32 Å². The Bertz CT molecular complexity index is 666. The Morgan fingerprint density at radius 1 is 1.18 bits per heavy atom. The lowest BCUT2D eigenvalue weighted by Crippen LogP contribution is -2.24. The highest BCUT2D eigenvalue weighted by atomic mass is 35.5. The maximum absolute atomic E-state index is 13.4. The maximum atomic E-state index is 13.4. The van der Waals surface area contributed by atoms with E-state index in [9.17, 15) is 13.6 Å². The van der Waals surface area contributed by atoms with Crippen molar-refractivity contribution in [2.45, 2.75) is 12.3 Å². The van der Waals surface area contributed by atoms with E-state index in [-0.39, 0.29) is 23.0 Å². The molecule has 2 rings (SSSR count). The molecule has 0 fully saturated rings. The number of thioether (sulfide) groups is 1. The number of benzene rings is 2. The lowest BCUT2D eigenvalue weighted by atomic mass is 10.2. The number of carbonyl (C=O) groups excluding carboxylic acids is 1. The number of hydrogen-bond acceptors (Lipinski definition) is 2. The van der Waals surface area contributed by atoms with Crippen LogP contribution in [0.25, 0.3) is 0 Å². The van der Waals surface area contributed by atoms with Gasteiger partial charge >= 0.3 is 0 Å². The molecule has 0 aliphatic rings. The standard InChI is InChI=1S/C16H14ClF2NOS/c17-13-5-1-3-11(7-13)8-20-15(21)10-22-9-12-4-2-6-14(18)16(12)19/h1-7H,8-10H2,(H,20,21). The van der Waals surface area contributed by atoms with Gasteiger partial charge in [-0.1, -0.05) is 35.9 Å². The van der Waals surface area contributed by atoms with E-state index in [0.717, 1.165) is 11.6 Å². The van der Waals surface area contributed by atoms with Crippen LogP contribution in [-0.4, -0.2) is 11.7 Å². The maximum Gasteiger partial charge on any atom is 0.230 e. The monoisotopic (exact) mass is 341 g/mol. The average molecular weight is 342 g/mol. The van der Waals surface area contributed by atoms with Crippen LogP contribution in [0.4, 0.5) is 8.78 Å². The predicted octanol–water partition coefficient (Wildman–Crippen LogP) is 4.17. The van der Waals surface area contributed by atoms with Crippen LogP contribution >= 0.6 is 23.4 Å². The summed E-state index contributed by atoms with van der Waals surface area (Å²) in [6.07, 6.45) is 0. The molecule has 0 radical (unpaired) electrons. The van der Waals surface area contributed by atoms with E-state index in [4.69, 9.17) is 11.6 Å². The second kappa shape index (κ2) is 8.15. The van der Waals surface area contributed by atoms with Crippen LogP contribution in [0.2, 0.25) is 5.02 Å². The Kier molecular flexibility index (Phi) is 6.21. The molecule has 2 aromatic rings. The molecule has 22 heavy (non-hydrogen) atoms. The number of rotatable bonds is 6. The number of amides is 1. The Balaban J connectivity index is 1.75. The first-order chi connectivity index (χ1) is 10.6. The molecule has 0 aromatic heterocycles. The van der Waals surface area contributed by atoms with Crippen LogP contribution in [0.3, 0.4) is 0 Å². The topological polar surface area (TPSA) is 29.1 Å². The van der Waals surface area contributed by atoms with Gasteiger partial charge in [-0.2, -0.15) is 0 Å². The molecule has 0 unspecified atom stereocenters. The van der Waals surface area contributed by atoms with Gasteiger partial charge < -0.3 is 5.32 Å². The molecule has 0 atom stereocenters. The summed E-state index contributed by atoms with van der Waals surface area (Å²) >= 11 is 7.09. The summed E-state index contributed by atoms with van der Waals surface area (Å²) in [5.41, 5.74) is 1.16. The van der Waals surface area contributed by atoms with Crippen molar-refractivity contribution in [1.29, 1.82) is 0 Å². The highest BCUT2D eigenvalue weighted by Crippen LogP contribution is 2.17. The van der Waals surface area contributed by atoms with Crippen LogP contribution in [0.15, 0.2) is 42.5 Å². The first-order valence-electron chi connectivity index (χ1n) is 6.58. The van der Waals surface area contributed by atoms with Crippen molar-refractivity contribution in [3.8, 4) is 0 Å². The third kappa shape index (κ3) is 5.00. The minimum atomic E-state index is -0.872. The fraction of sp³-hybridized carbons (Fsp3) is 0.188. The van der Waals surface area contributed by atoms with Crippen molar-refractivity contribution in [1.82, 2.24) is 5.32 Å². The molecule has 6 heteroatoms. The molecular weight excluding hydrogens is 328 g/mol. The zero-order valence-electron chi connectivity index (χ0n) is 11.6. The molecule has 1 amide bonds. The average Bonchev–Trinajstić information content (AvgIpc) is 2.49. The summed E-state index contributed by atoms with van der Waals surface area (Å²) in [5, 5.41) is 3.37. The number of nitrogens with one attached hydrogen (secondary N) is 1. The Labute approximate surface area is 136 Å². The van der Waals surface area contributed by atoms with Crippen molar-refractivity contribution in [2.24, 2.45) is 0 Å². The van der Waals surface area contributed by atoms with Gasteiger partial charge in [0.2, 0.25) is 5.91 Å². The van der Waals surface area contributed by atoms with Crippen LogP contribution in [-0.2, 0) is 17.1 Å². The third-order valence-corrected chi connectivity index (χ3v) is 4.12. The summed E-state index contributed by atoms with van der Waals surface area (Å²) in [4.78, 5) is 11.7. The summed E-state index contributed by atoms with van der Waals surface area (Å²) < 4.78 is 26.5. The highest BCUT2D eigenvalue weighted by Gasteiger charge is 2.08. The molecule has 0 saturated carbocycles. The molecule has 0 spiro atoms. The second-order valence-electron chi connectivity index (χ2n) is 4.61. The van der Waals surface area contributed by atoms with Crippen LogP contribution in [0, 0.1) is 11.6 Å². The van der Waals surface area contributed by atoms with E-state index in [1.807, 2.05) is 12.1 Å². The molecular formula is C16H14ClF2NOS. The van der Waals surface area contributed by atoms with Crippen molar-refractivity contribution < 1.29 is 13.6 Å². The molecule has 2 nitrogen and oxygen atoms in total. The van der Waals surface area contributed by atoms with Crippen LogP contribution in [0.5, 0.6) is 0 Å². The van der Waals surface area contributed by atoms with Crippen molar-refractivity contribution in [2.75, 3.05) is 5.75 Å². The van der Waals surface area contributed by atoms with E-state index < -0.39 is 11.6 Å². The third-order valence-electron chi connectivity index (χ3n) is 2.90. The van der Waals surface area contributed by atoms with Crippen molar-refractivity contribution >= 4 is 29.3 Å². The normalized spacial score (nSPS) is 10.5. The molecule has 0 heterocycles.